The van der Waals surface area contributed by atoms with Crippen LogP contribution in [0.2, 0.25) is 0 Å². The van der Waals surface area contributed by atoms with Crippen LogP contribution >= 0.6 is 0 Å². The number of ether oxygens (including phenoxy) is 1. The number of hydrogen-bond donors (Lipinski definition) is 3. The Morgan fingerprint density at radius 1 is 1.48 bits per heavy atom. The topological polar surface area (TPSA) is 90.3 Å². The van der Waals surface area contributed by atoms with E-state index in [0.717, 1.165) is 24.8 Å². The molecule has 6 atom stereocenters. The van der Waals surface area contributed by atoms with Crippen molar-refractivity contribution < 1.29 is 24.9 Å². The van der Waals surface area contributed by atoms with E-state index < -0.39 is 30.5 Å². The molecule has 0 saturated carbocycles. The summed E-state index contributed by atoms with van der Waals surface area (Å²) in [4.78, 5) is 12.4. The second-order valence-electron chi connectivity index (χ2n) is 8.76. The van der Waals surface area contributed by atoms with E-state index >= 15 is 0 Å². The number of aliphatic hydroxyl groups is 3. The molecule has 3 N–H and O–H groups in total. The van der Waals surface area contributed by atoms with Gasteiger partial charge >= 0.3 is 0 Å². The third-order valence-electron chi connectivity index (χ3n) is 7.20. The Bertz CT molecular complexity index is 705. The lowest BCUT2D eigenvalue weighted by atomic mass is 9.65. The van der Waals surface area contributed by atoms with Crippen LogP contribution in [0.1, 0.15) is 53.4 Å². The van der Waals surface area contributed by atoms with Gasteiger partial charge in [-0.15, -0.1) is 0 Å². The average molecular weight is 376 g/mol. The first-order chi connectivity index (χ1) is 12.7. The van der Waals surface area contributed by atoms with Gasteiger partial charge in [-0.1, -0.05) is 37.1 Å². The van der Waals surface area contributed by atoms with Crippen molar-refractivity contribution in [1.29, 1.82) is 0 Å². The highest BCUT2D eigenvalue weighted by Crippen LogP contribution is 2.49. The SMILES string of the molecule is CC(=CC(O)C12OC1C(O)C(CO)=CC2=O)CCC1(C)C(C)=CCCC1C. The molecular formula is C22H32O5. The van der Waals surface area contributed by atoms with Crippen molar-refractivity contribution in [3.63, 3.8) is 0 Å². The maximum absolute atomic E-state index is 12.4. The molecule has 1 aliphatic heterocycles. The second-order valence-corrected chi connectivity index (χ2v) is 8.76. The molecule has 0 radical (unpaired) electrons. The fraction of sp³-hybridized carbons (Fsp3) is 0.682. The number of carbonyl (C=O) groups is 1. The van der Waals surface area contributed by atoms with Crippen LogP contribution < -0.4 is 0 Å². The number of carbonyl (C=O) groups excluding carboxylic acids is 1. The van der Waals surface area contributed by atoms with Crippen molar-refractivity contribution in [3.05, 3.63) is 34.9 Å². The maximum Gasteiger partial charge on any atom is 0.193 e. The Kier molecular flexibility index (Phi) is 5.52. The smallest absolute Gasteiger partial charge is 0.193 e. The Labute approximate surface area is 161 Å². The van der Waals surface area contributed by atoms with Crippen LogP contribution in [-0.2, 0) is 9.53 Å². The van der Waals surface area contributed by atoms with Gasteiger partial charge in [-0.05, 0) is 62.5 Å². The number of ketones is 1. The number of epoxide rings is 1. The Morgan fingerprint density at radius 3 is 2.81 bits per heavy atom. The summed E-state index contributed by atoms with van der Waals surface area (Å²) in [7, 11) is 0. The minimum absolute atomic E-state index is 0.158. The summed E-state index contributed by atoms with van der Waals surface area (Å²) in [5, 5.41) is 30.1. The van der Waals surface area contributed by atoms with E-state index in [1.807, 2.05) is 6.92 Å². The molecule has 1 saturated heterocycles. The van der Waals surface area contributed by atoms with Gasteiger partial charge in [0, 0.05) is 0 Å². The number of fused-ring (bicyclic) bond motifs is 1. The minimum atomic E-state index is -1.39. The summed E-state index contributed by atoms with van der Waals surface area (Å²) in [5.74, 6) is 0.233. The molecule has 0 amide bonds. The number of hydrogen-bond acceptors (Lipinski definition) is 5. The van der Waals surface area contributed by atoms with Crippen molar-refractivity contribution in [2.75, 3.05) is 6.61 Å². The normalized spacial score (nSPS) is 40.2. The first-order valence-corrected chi connectivity index (χ1v) is 9.91. The molecule has 5 heteroatoms. The molecule has 3 rings (SSSR count). The van der Waals surface area contributed by atoms with Crippen LogP contribution in [0, 0.1) is 11.3 Å². The summed E-state index contributed by atoms with van der Waals surface area (Å²) in [6.07, 6.45) is 6.47. The zero-order valence-electron chi connectivity index (χ0n) is 16.7. The molecule has 0 bridgehead atoms. The van der Waals surface area contributed by atoms with Crippen LogP contribution in [0.15, 0.2) is 34.9 Å². The lowest BCUT2D eigenvalue weighted by Gasteiger charge is -2.40. The molecule has 2 aliphatic carbocycles. The zero-order chi connectivity index (χ0) is 20.0. The predicted molar refractivity (Wildman–Crippen MR) is 103 cm³/mol. The van der Waals surface area contributed by atoms with Crippen molar-refractivity contribution >= 4 is 5.78 Å². The van der Waals surface area contributed by atoms with Gasteiger partial charge in [-0.2, -0.15) is 0 Å². The Hall–Kier alpha value is -1.27. The monoisotopic (exact) mass is 376 g/mol. The predicted octanol–water partition coefficient (Wildman–Crippen LogP) is 2.46. The van der Waals surface area contributed by atoms with E-state index in [0.29, 0.717) is 5.92 Å². The minimum Gasteiger partial charge on any atom is -0.392 e. The largest absolute Gasteiger partial charge is 0.392 e. The van der Waals surface area contributed by atoms with Crippen molar-refractivity contribution in [1.82, 2.24) is 0 Å². The highest BCUT2D eigenvalue weighted by atomic mass is 16.6. The molecule has 0 spiro atoms. The number of rotatable bonds is 6. The summed E-state index contributed by atoms with van der Waals surface area (Å²) in [5.41, 5.74) is 1.46. The lowest BCUT2D eigenvalue weighted by Crippen LogP contribution is -2.45. The van der Waals surface area contributed by atoms with Crippen molar-refractivity contribution in [3.8, 4) is 0 Å². The van der Waals surface area contributed by atoms with Crippen LogP contribution in [0.3, 0.4) is 0 Å². The van der Waals surface area contributed by atoms with Crippen LogP contribution in [0.4, 0.5) is 0 Å². The standard InChI is InChI=1S/C22H32O5/c1-13(8-9-21(4)14(2)6-5-7-15(21)3)10-17(24)22-18(25)11-16(12-23)19(26)20(22)27-22/h6,10-11,15,17,19-20,23-24,26H,5,7-9,12H2,1-4H3. The highest BCUT2D eigenvalue weighted by molar-refractivity contribution is 6.02. The molecule has 0 aromatic carbocycles. The summed E-state index contributed by atoms with van der Waals surface area (Å²) in [6, 6.07) is 0. The van der Waals surface area contributed by atoms with E-state index in [4.69, 9.17) is 4.74 Å². The zero-order valence-corrected chi connectivity index (χ0v) is 16.7. The van der Waals surface area contributed by atoms with E-state index in [1.54, 1.807) is 6.08 Å². The molecule has 3 aliphatic rings. The van der Waals surface area contributed by atoms with Crippen LogP contribution in [0.25, 0.3) is 0 Å². The van der Waals surface area contributed by atoms with E-state index in [-0.39, 0.29) is 16.8 Å². The van der Waals surface area contributed by atoms with Gasteiger partial charge in [0.25, 0.3) is 0 Å². The van der Waals surface area contributed by atoms with Gasteiger partial charge in [0.2, 0.25) is 0 Å². The van der Waals surface area contributed by atoms with Gasteiger partial charge in [0.15, 0.2) is 11.4 Å². The van der Waals surface area contributed by atoms with Gasteiger partial charge < -0.3 is 20.1 Å². The molecule has 1 fully saturated rings. The van der Waals surface area contributed by atoms with Crippen LogP contribution in [0.5, 0.6) is 0 Å². The van der Waals surface area contributed by atoms with Gasteiger partial charge in [-0.25, -0.2) is 0 Å². The highest BCUT2D eigenvalue weighted by Gasteiger charge is 2.70. The van der Waals surface area contributed by atoms with Crippen molar-refractivity contribution in [2.45, 2.75) is 77.3 Å². The summed E-state index contributed by atoms with van der Waals surface area (Å²) < 4.78 is 5.47. The van der Waals surface area contributed by atoms with Gasteiger partial charge in [-0.3, -0.25) is 4.79 Å². The molecular weight excluding hydrogens is 344 g/mol. The van der Waals surface area contributed by atoms with E-state index in [1.165, 1.54) is 18.1 Å². The van der Waals surface area contributed by atoms with Crippen molar-refractivity contribution in [2.24, 2.45) is 11.3 Å². The molecule has 0 aromatic heterocycles. The molecule has 1 heterocycles. The second kappa shape index (κ2) is 7.28. The maximum atomic E-state index is 12.4. The lowest BCUT2D eigenvalue weighted by molar-refractivity contribution is -0.122. The molecule has 5 nitrogen and oxygen atoms in total. The van der Waals surface area contributed by atoms with E-state index in [9.17, 15) is 20.1 Å². The van der Waals surface area contributed by atoms with Gasteiger partial charge in [0.05, 0.1) is 6.61 Å². The Morgan fingerprint density at radius 2 is 2.19 bits per heavy atom. The molecule has 0 aromatic rings. The number of aliphatic hydroxyl groups excluding tert-OH is 3. The van der Waals surface area contributed by atoms with E-state index in [2.05, 4.69) is 26.8 Å². The third kappa shape index (κ3) is 3.35. The molecule has 6 unspecified atom stereocenters. The Balaban J connectivity index is 1.69. The summed E-state index contributed by atoms with van der Waals surface area (Å²) in [6.45, 7) is 8.40. The molecule has 150 valence electrons. The van der Waals surface area contributed by atoms with Crippen LogP contribution in [-0.4, -0.2) is 51.6 Å². The first kappa shape index (κ1) is 20.5. The fourth-order valence-corrected chi connectivity index (χ4v) is 4.62. The first-order valence-electron chi connectivity index (χ1n) is 9.91. The fourth-order valence-electron chi connectivity index (χ4n) is 4.62. The number of allylic oxidation sites excluding steroid dienone is 3. The third-order valence-corrected chi connectivity index (χ3v) is 7.20. The molecule has 27 heavy (non-hydrogen) atoms. The van der Waals surface area contributed by atoms with Gasteiger partial charge in [0.1, 0.15) is 18.3 Å². The summed E-state index contributed by atoms with van der Waals surface area (Å²) >= 11 is 0. The quantitative estimate of drug-likeness (QED) is 0.489. The average Bonchev–Trinajstić information content (AvgIpc) is 3.39.